The number of thiophene rings is 1. The predicted octanol–water partition coefficient (Wildman–Crippen LogP) is 2.89. The van der Waals surface area contributed by atoms with Crippen LogP contribution in [0.3, 0.4) is 0 Å². The zero-order valence-electron chi connectivity index (χ0n) is 11.5. The first kappa shape index (κ1) is 13.8. The van der Waals surface area contributed by atoms with Crippen LogP contribution in [0.5, 0.6) is 0 Å². The molecule has 0 aromatic carbocycles. The van der Waals surface area contributed by atoms with E-state index >= 15 is 0 Å². The topological polar surface area (TPSA) is 79.3 Å². The van der Waals surface area contributed by atoms with E-state index in [4.69, 9.17) is 0 Å². The van der Waals surface area contributed by atoms with Crippen molar-refractivity contribution >= 4 is 28.2 Å². The highest BCUT2D eigenvalue weighted by molar-refractivity contribution is 7.17. The first-order chi connectivity index (χ1) is 10.1. The predicted molar refractivity (Wildman–Crippen MR) is 80.2 cm³/mol. The van der Waals surface area contributed by atoms with Crippen LogP contribution in [0.25, 0.3) is 0 Å². The number of pyridine rings is 1. The number of carboxylic acids is 1. The molecule has 0 atom stereocenters. The van der Waals surface area contributed by atoms with Crippen molar-refractivity contribution in [3.8, 4) is 0 Å². The van der Waals surface area contributed by atoms with Crippen LogP contribution in [0.4, 0.5) is 5.00 Å². The maximum absolute atomic E-state index is 12.2. The summed E-state index contributed by atoms with van der Waals surface area (Å²) in [5.74, 6) is -1.28. The number of hydrogen-bond donors (Lipinski definition) is 2. The monoisotopic (exact) mass is 302 g/mol. The maximum Gasteiger partial charge on any atom is 0.339 e. The van der Waals surface area contributed by atoms with Crippen LogP contribution in [-0.2, 0) is 12.8 Å². The minimum atomic E-state index is -0.976. The second-order valence-electron chi connectivity index (χ2n) is 5.01. The van der Waals surface area contributed by atoms with Gasteiger partial charge in [0.25, 0.3) is 5.91 Å². The Morgan fingerprint density at radius 1 is 1.38 bits per heavy atom. The molecule has 0 saturated carbocycles. The fraction of sp³-hybridized carbons (Fsp3) is 0.267. The number of fused-ring (bicyclic) bond motifs is 1. The van der Waals surface area contributed by atoms with Crippen molar-refractivity contribution in [1.29, 1.82) is 0 Å². The van der Waals surface area contributed by atoms with E-state index in [1.807, 2.05) is 0 Å². The number of rotatable bonds is 3. The Labute approximate surface area is 125 Å². The van der Waals surface area contributed by atoms with Gasteiger partial charge in [0, 0.05) is 22.3 Å². The lowest BCUT2D eigenvalue weighted by Gasteiger charge is -2.06. The second kappa shape index (κ2) is 5.29. The van der Waals surface area contributed by atoms with E-state index in [1.54, 1.807) is 25.3 Å². The van der Waals surface area contributed by atoms with Gasteiger partial charge in [0.15, 0.2) is 0 Å². The van der Waals surface area contributed by atoms with E-state index in [0.717, 1.165) is 35.4 Å². The van der Waals surface area contributed by atoms with Crippen molar-refractivity contribution in [2.45, 2.75) is 26.2 Å². The zero-order valence-corrected chi connectivity index (χ0v) is 12.3. The van der Waals surface area contributed by atoms with E-state index < -0.39 is 5.97 Å². The molecular weight excluding hydrogens is 288 g/mol. The van der Waals surface area contributed by atoms with Gasteiger partial charge >= 0.3 is 5.97 Å². The fourth-order valence-electron chi connectivity index (χ4n) is 2.58. The van der Waals surface area contributed by atoms with E-state index in [-0.39, 0.29) is 11.5 Å². The quantitative estimate of drug-likeness (QED) is 0.913. The molecule has 0 spiro atoms. The summed E-state index contributed by atoms with van der Waals surface area (Å²) in [6.45, 7) is 1.80. The third kappa shape index (κ3) is 2.54. The molecule has 21 heavy (non-hydrogen) atoms. The normalized spacial score (nSPS) is 13.0. The third-order valence-electron chi connectivity index (χ3n) is 3.52. The number of amides is 1. The van der Waals surface area contributed by atoms with Crippen molar-refractivity contribution in [3.05, 3.63) is 45.6 Å². The Hall–Kier alpha value is -2.21. The number of aromatic carboxylic acids is 1. The van der Waals surface area contributed by atoms with E-state index in [1.165, 1.54) is 11.3 Å². The van der Waals surface area contributed by atoms with E-state index in [0.29, 0.717) is 10.6 Å². The molecule has 5 nitrogen and oxygen atoms in total. The number of aryl methyl sites for hydroxylation is 2. The zero-order chi connectivity index (χ0) is 15.0. The van der Waals surface area contributed by atoms with Gasteiger partial charge in [-0.1, -0.05) is 0 Å². The van der Waals surface area contributed by atoms with Crippen molar-refractivity contribution in [1.82, 2.24) is 4.98 Å². The summed E-state index contributed by atoms with van der Waals surface area (Å²) >= 11 is 1.38. The molecule has 0 unspecified atom stereocenters. The van der Waals surface area contributed by atoms with Gasteiger partial charge in [-0.3, -0.25) is 9.78 Å². The number of carboxylic acid groups (broad SMARTS) is 1. The van der Waals surface area contributed by atoms with Crippen molar-refractivity contribution in [3.63, 3.8) is 0 Å². The molecule has 6 heteroatoms. The van der Waals surface area contributed by atoms with Crippen LogP contribution in [0, 0.1) is 6.92 Å². The number of nitrogens with one attached hydrogen (secondary N) is 1. The highest BCUT2D eigenvalue weighted by atomic mass is 32.1. The number of aromatic nitrogens is 1. The van der Waals surface area contributed by atoms with Gasteiger partial charge in [-0.05, 0) is 43.9 Å². The first-order valence-corrected chi connectivity index (χ1v) is 7.49. The lowest BCUT2D eigenvalue weighted by atomic mass is 10.1. The van der Waals surface area contributed by atoms with Crippen molar-refractivity contribution in [2.75, 3.05) is 5.32 Å². The van der Waals surface area contributed by atoms with Crippen molar-refractivity contribution < 1.29 is 14.7 Å². The number of carbonyl (C=O) groups excluding carboxylic acids is 1. The van der Waals surface area contributed by atoms with Gasteiger partial charge < -0.3 is 10.4 Å². The molecule has 1 aliphatic carbocycles. The Balaban J connectivity index is 1.92. The Morgan fingerprint density at radius 3 is 2.90 bits per heavy atom. The van der Waals surface area contributed by atoms with Gasteiger partial charge in [-0.25, -0.2) is 4.79 Å². The standard InChI is InChI=1S/C15H14N2O3S/c1-8-7-9(5-6-16-8)13(18)17-14-12(15(19)20)10-3-2-4-11(10)21-14/h5-7H,2-4H2,1H3,(H,17,18)(H,19,20). The SMILES string of the molecule is Cc1cc(C(=O)Nc2sc3c(c2C(=O)O)CCC3)ccn1. The first-order valence-electron chi connectivity index (χ1n) is 6.68. The van der Waals surface area contributed by atoms with E-state index in [9.17, 15) is 14.7 Å². The molecular formula is C15H14N2O3S. The van der Waals surface area contributed by atoms with E-state index in [2.05, 4.69) is 10.3 Å². The molecule has 108 valence electrons. The van der Waals surface area contributed by atoms with Crippen LogP contribution >= 0.6 is 11.3 Å². The van der Waals surface area contributed by atoms with Crippen LogP contribution in [0.2, 0.25) is 0 Å². The van der Waals surface area contributed by atoms with Gasteiger partial charge in [0.2, 0.25) is 0 Å². The second-order valence-corrected chi connectivity index (χ2v) is 6.11. The highest BCUT2D eigenvalue weighted by Gasteiger charge is 2.27. The third-order valence-corrected chi connectivity index (χ3v) is 4.73. The molecule has 1 aliphatic rings. The largest absolute Gasteiger partial charge is 0.478 e. The fourth-order valence-corrected chi connectivity index (χ4v) is 3.86. The van der Waals surface area contributed by atoms with Crippen LogP contribution in [0.1, 0.15) is 43.3 Å². The van der Waals surface area contributed by atoms with Crippen molar-refractivity contribution in [2.24, 2.45) is 0 Å². The molecule has 1 amide bonds. The Bertz CT molecular complexity index is 737. The Kier molecular flexibility index (Phi) is 3.47. The minimum absolute atomic E-state index is 0.256. The van der Waals surface area contributed by atoms with Gasteiger partial charge in [0.05, 0.1) is 5.56 Å². The molecule has 0 aliphatic heterocycles. The number of hydrogen-bond acceptors (Lipinski definition) is 4. The summed E-state index contributed by atoms with van der Waals surface area (Å²) < 4.78 is 0. The summed E-state index contributed by atoms with van der Waals surface area (Å²) in [7, 11) is 0. The molecule has 0 radical (unpaired) electrons. The summed E-state index contributed by atoms with van der Waals surface area (Å²) in [4.78, 5) is 28.8. The summed E-state index contributed by atoms with van der Waals surface area (Å²) in [5, 5.41) is 12.6. The average molecular weight is 302 g/mol. The highest BCUT2D eigenvalue weighted by Crippen LogP contribution is 2.39. The summed E-state index contributed by atoms with van der Waals surface area (Å²) in [6, 6.07) is 3.29. The van der Waals surface area contributed by atoms with Gasteiger partial charge in [0.1, 0.15) is 5.00 Å². The average Bonchev–Trinajstić information content (AvgIpc) is 2.98. The molecule has 2 N–H and O–H groups in total. The molecule has 0 saturated heterocycles. The summed E-state index contributed by atoms with van der Waals surface area (Å²) in [6.07, 6.45) is 4.22. The molecule has 2 aromatic rings. The Morgan fingerprint density at radius 2 is 2.19 bits per heavy atom. The molecule has 3 rings (SSSR count). The van der Waals surface area contributed by atoms with Gasteiger partial charge in [-0.15, -0.1) is 11.3 Å². The maximum atomic E-state index is 12.2. The summed E-state index contributed by atoms with van der Waals surface area (Å²) in [5.41, 5.74) is 2.36. The number of anilines is 1. The minimum Gasteiger partial charge on any atom is -0.478 e. The van der Waals surface area contributed by atoms with Gasteiger partial charge in [-0.2, -0.15) is 0 Å². The smallest absolute Gasteiger partial charge is 0.339 e. The van der Waals surface area contributed by atoms with Crippen LogP contribution in [0.15, 0.2) is 18.3 Å². The number of carbonyl (C=O) groups is 2. The lowest BCUT2D eigenvalue weighted by molar-refractivity contribution is 0.0697. The molecule has 0 fully saturated rings. The molecule has 2 heterocycles. The number of nitrogens with zero attached hydrogens (tertiary/aromatic N) is 1. The van der Waals surface area contributed by atoms with Crippen LogP contribution in [-0.4, -0.2) is 22.0 Å². The van der Waals surface area contributed by atoms with Crippen LogP contribution < -0.4 is 5.32 Å². The lowest BCUT2D eigenvalue weighted by Crippen LogP contribution is -2.14. The molecule has 0 bridgehead atoms. The molecule has 2 aromatic heterocycles.